The predicted octanol–water partition coefficient (Wildman–Crippen LogP) is 3.65. The number of aryl methyl sites for hydroxylation is 1. The standard InChI is InChI=1S/C21H25N5O2/c1-13-22-12-19(28-13)16-8-15-9-20(24-11-18(15)23-10-16)25-21(27)14-4-6-17(7-5-14)26(2)3/h8-12,14,17H,4-7H2,1-3H3,(H,24,25,27)/t14-,17-/i2D3,3D3. The lowest BCUT2D eigenvalue weighted by molar-refractivity contribution is -0.121. The summed E-state index contributed by atoms with van der Waals surface area (Å²) in [6.45, 7) is -3.69. The summed E-state index contributed by atoms with van der Waals surface area (Å²) in [5.41, 5.74) is 1.41. The van der Waals surface area contributed by atoms with Crippen LogP contribution in [0.5, 0.6) is 0 Å². The van der Waals surface area contributed by atoms with Crippen LogP contribution in [0.4, 0.5) is 5.82 Å². The molecule has 1 saturated carbocycles. The molecule has 3 aromatic heterocycles. The second-order valence-corrected chi connectivity index (χ2v) is 7.09. The highest BCUT2D eigenvalue weighted by Crippen LogP contribution is 2.28. The van der Waals surface area contributed by atoms with Crippen molar-refractivity contribution in [1.29, 1.82) is 0 Å². The molecule has 4 rings (SSSR count). The summed E-state index contributed by atoms with van der Waals surface area (Å²) in [5, 5.41) is 3.59. The van der Waals surface area contributed by atoms with Crippen LogP contribution in [0.3, 0.4) is 0 Å². The molecule has 1 N–H and O–H groups in total. The molecule has 0 unspecified atom stereocenters. The summed E-state index contributed by atoms with van der Waals surface area (Å²) in [6, 6.07) is 2.97. The first-order valence-electron chi connectivity index (χ1n) is 12.2. The van der Waals surface area contributed by atoms with E-state index in [1.54, 1.807) is 31.6 Å². The van der Waals surface area contributed by atoms with Gasteiger partial charge in [0.15, 0.2) is 11.7 Å². The minimum absolute atomic E-state index is 0.227. The summed E-state index contributed by atoms with van der Waals surface area (Å²) >= 11 is 0. The van der Waals surface area contributed by atoms with Crippen LogP contribution in [0.2, 0.25) is 0 Å². The van der Waals surface area contributed by atoms with Crippen LogP contribution in [0.15, 0.2) is 35.1 Å². The molecule has 3 heterocycles. The molecule has 0 bridgehead atoms. The van der Waals surface area contributed by atoms with Gasteiger partial charge in [0.2, 0.25) is 5.91 Å². The number of anilines is 1. The van der Waals surface area contributed by atoms with Crippen LogP contribution < -0.4 is 5.32 Å². The number of hydrogen-bond acceptors (Lipinski definition) is 6. The van der Waals surface area contributed by atoms with Gasteiger partial charge in [0.05, 0.1) is 17.9 Å². The fourth-order valence-electron chi connectivity index (χ4n) is 3.55. The van der Waals surface area contributed by atoms with Gasteiger partial charge in [0.1, 0.15) is 5.82 Å². The number of nitrogens with zero attached hydrogens (tertiary/aromatic N) is 4. The van der Waals surface area contributed by atoms with Gasteiger partial charge in [0, 0.05) is 44.3 Å². The lowest BCUT2D eigenvalue weighted by atomic mass is 9.85. The quantitative estimate of drug-likeness (QED) is 0.738. The van der Waals surface area contributed by atoms with Crippen molar-refractivity contribution in [2.75, 3.05) is 19.3 Å². The monoisotopic (exact) mass is 385 g/mol. The van der Waals surface area contributed by atoms with Crippen LogP contribution in [0.25, 0.3) is 22.2 Å². The summed E-state index contributed by atoms with van der Waals surface area (Å²) in [4.78, 5) is 26.2. The molecule has 1 aliphatic rings. The third-order valence-corrected chi connectivity index (χ3v) is 5.16. The minimum atomic E-state index is -2.72. The first-order chi connectivity index (χ1) is 15.9. The van der Waals surface area contributed by atoms with Crippen molar-refractivity contribution in [3.8, 4) is 11.3 Å². The summed E-state index contributed by atoms with van der Waals surface area (Å²) < 4.78 is 51.1. The topological polar surface area (TPSA) is 84.2 Å². The van der Waals surface area contributed by atoms with Crippen molar-refractivity contribution in [1.82, 2.24) is 19.9 Å². The number of nitrogens with one attached hydrogen (secondary N) is 1. The summed E-state index contributed by atoms with van der Waals surface area (Å²) in [7, 11) is 0. The van der Waals surface area contributed by atoms with Crippen molar-refractivity contribution in [2.45, 2.75) is 38.6 Å². The summed E-state index contributed by atoms with van der Waals surface area (Å²) in [5.74, 6) is 0.932. The van der Waals surface area contributed by atoms with E-state index >= 15 is 0 Å². The first kappa shape index (κ1) is 12.6. The van der Waals surface area contributed by atoms with E-state index in [9.17, 15) is 4.79 Å². The number of rotatable bonds is 4. The van der Waals surface area contributed by atoms with Crippen LogP contribution in [0.1, 0.15) is 39.8 Å². The highest BCUT2D eigenvalue weighted by Gasteiger charge is 2.27. The molecule has 1 fully saturated rings. The molecule has 146 valence electrons. The van der Waals surface area contributed by atoms with Crippen LogP contribution in [0, 0.1) is 12.8 Å². The molecule has 0 spiro atoms. The Balaban J connectivity index is 1.43. The molecule has 0 aliphatic heterocycles. The van der Waals surface area contributed by atoms with Gasteiger partial charge in [-0.05, 0) is 51.8 Å². The van der Waals surface area contributed by atoms with Crippen molar-refractivity contribution < 1.29 is 17.4 Å². The largest absolute Gasteiger partial charge is 0.441 e. The Kier molecular flexibility index (Phi) is 3.46. The molecule has 1 amide bonds. The molecule has 28 heavy (non-hydrogen) atoms. The van der Waals surface area contributed by atoms with Gasteiger partial charge in [-0.3, -0.25) is 9.78 Å². The average molecular weight is 386 g/mol. The second kappa shape index (κ2) is 7.67. The Morgan fingerprint density at radius 3 is 2.68 bits per heavy atom. The van der Waals surface area contributed by atoms with Gasteiger partial charge in [-0.2, -0.15) is 0 Å². The maximum Gasteiger partial charge on any atom is 0.228 e. The molecule has 7 nitrogen and oxygen atoms in total. The lowest BCUT2D eigenvalue weighted by Gasteiger charge is -2.31. The maximum absolute atomic E-state index is 12.8. The van der Waals surface area contributed by atoms with Gasteiger partial charge in [-0.25, -0.2) is 9.97 Å². The number of oxazole rings is 1. The van der Waals surface area contributed by atoms with Crippen LogP contribution in [-0.2, 0) is 4.79 Å². The highest BCUT2D eigenvalue weighted by atomic mass is 16.4. The fraction of sp³-hybridized carbons (Fsp3) is 0.429. The molecule has 0 aromatic carbocycles. The average Bonchev–Trinajstić information content (AvgIpc) is 3.18. The molecule has 0 atom stereocenters. The number of carbonyl (C=O) groups is 1. The Morgan fingerprint density at radius 2 is 1.96 bits per heavy atom. The van der Waals surface area contributed by atoms with E-state index in [-0.39, 0.29) is 11.8 Å². The van der Waals surface area contributed by atoms with E-state index in [4.69, 9.17) is 12.6 Å². The highest BCUT2D eigenvalue weighted by molar-refractivity contribution is 5.94. The molecule has 7 heteroatoms. The predicted molar refractivity (Wildman–Crippen MR) is 108 cm³/mol. The Labute approximate surface area is 172 Å². The minimum Gasteiger partial charge on any atom is -0.441 e. The first-order valence-corrected chi connectivity index (χ1v) is 9.21. The summed E-state index contributed by atoms with van der Waals surface area (Å²) in [6.07, 6.45) is 6.27. The van der Waals surface area contributed by atoms with E-state index in [0.717, 1.165) is 10.9 Å². The van der Waals surface area contributed by atoms with Gasteiger partial charge >= 0.3 is 0 Å². The Hall–Kier alpha value is -2.80. The van der Waals surface area contributed by atoms with Crippen molar-refractivity contribution in [3.63, 3.8) is 0 Å². The Bertz CT molecular complexity index is 1170. The molecular weight excluding hydrogens is 354 g/mol. The van der Waals surface area contributed by atoms with Gasteiger partial charge in [-0.15, -0.1) is 0 Å². The molecular formula is C21H25N5O2. The molecule has 0 saturated heterocycles. The van der Waals surface area contributed by atoms with Gasteiger partial charge in [0.25, 0.3) is 0 Å². The maximum atomic E-state index is 12.8. The van der Waals surface area contributed by atoms with Gasteiger partial charge in [-0.1, -0.05) is 0 Å². The zero-order valence-electron chi connectivity index (χ0n) is 21.5. The van der Waals surface area contributed by atoms with E-state index in [0.29, 0.717) is 53.6 Å². The SMILES string of the molecule is [2H]C([2H])([2H])N([C@H]1CC[C@H](C(=O)Nc2cc3cc(-c4cnc(C)o4)cnc3cn2)CC1)C([2H])([2H])[2H]. The fourth-order valence-corrected chi connectivity index (χ4v) is 3.55. The van der Waals surface area contributed by atoms with Crippen LogP contribution in [-0.4, -0.2) is 45.8 Å². The number of hydrogen-bond donors (Lipinski definition) is 1. The number of pyridine rings is 2. The van der Waals surface area contributed by atoms with E-state index in [1.807, 2.05) is 6.07 Å². The van der Waals surface area contributed by atoms with Crippen molar-refractivity contribution in [3.05, 3.63) is 36.6 Å². The molecule has 0 radical (unpaired) electrons. The molecule has 3 aromatic rings. The van der Waals surface area contributed by atoms with Crippen molar-refractivity contribution in [2.24, 2.45) is 5.92 Å². The van der Waals surface area contributed by atoms with E-state index in [2.05, 4.69) is 20.3 Å². The van der Waals surface area contributed by atoms with Crippen molar-refractivity contribution >= 4 is 22.6 Å². The molecule has 1 aliphatic carbocycles. The second-order valence-electron chi connectivity index (χ2n) is 7.09. The third kappa shape index (κ3) is 3.89. The van der Waals surface area contributed by atoms with Gasteiger partial charge < -0.3 is 14.6 Å². The van der Waals surface area contributed by atoms with Crippen LogP contribution >= 0.6 is 0 Å². The Morgan fingerprint density at radius 1 is 1.14 bits per heavy atom. The zero-order chi connectivity index (χ0) is 24.7. The number of aromatic nitrogens is 3. The van der Waals surface area contributed by atoms with E-state index in [1.165, 1.54) is 0 Å². The zero-order valence-corrected chi connectivity index (χ0v) is 15.5. The number of carbonyl (C=O) groups excluding carboxylic acids is 1. The van der Waals surface area contributed by atoms with E-state index < -0.39 is 20.0 Å². The normalized spacial score (nSPS) is 23.9. The third-order valence-electron chi connectivity index (χ3n) is 5.16. The number of fused-ring (bicyclic) bond motifs is 1. The number of amides is 1. The smallest absolute Gasteiger partial charge is 0.228 e. The lowest BCUT2D eigenvalue weighted by Crippen LogP contribution is -2.35.